The van der Waals surface area contributed by atoms with Crippen molar-refractivity contribution in [2.45, 2.75) is 0 Å². The fourth-order valence-electron chi connectivity index (χ4n) is 2.34. The van der Waals surface area contributed by atoms with E-state index in [1.54, 1.807) is 48.5 Å². The molecule has 0 saturated heterocycles. The Balaban J connectivity index is 1.37. The van der Waals surface area contributed by atoms with E-state index in [0.717, 1.165) is 0 Å². The van der Waals surface area contributed by atoms with Gasteiger partial charge >= 0.3 is 0 Å². The maximum atomic E-state index is 11.0. The van der Waals surface area contributed by atoms with E-state index in [0.29, 0.717) is 75.5 Å². The minimum Gasteiger partial charge on any atom is -0.491 e. The van der Waals surface area contributed by atoms with Gasteiger partial charge in [-0.05, 0) is 71.7 Å². The van der Waals surface area contributed by atoms with E-state index in [4.69, 9.17) is 46.9 Å². The van der Waals surface area contributed by atoms with Gasteiger partial charge in [0.05, 0.1) is 39.6 Å². The van der Waals surface area contributed by atoms with Crippen LogP contribution in [0.15, 0.2) is 48.5 Å². The highest BCUT2D eigenvalue weighted by molar-refractivity contribution is 6.68. The molecule has 0 radical (unpaired) electrons. The van der Waals surface area contributed by atoms with Gasteiger partial charge in [0.1, 0.15) is 24.7 Å². The number of hydrogen-bond donors (Lipinski definition) is 0. The molecule has 0 aliphatic heterocycles. The van der Waals surface area contributed by atoms with Gasteiger partial charge in [0.2, 0.25) is 0 Å². The lowest BCUT2D eigenvalue weighted by Crippen LogP contribution is -2.14. The van der Waals surface area contributed by atoms with Crippen LogP contribution in [0.3, 0.4) is 0 Å². The highest BCUT2D eigenvalue weighted by Crippen LogP contribution is 2.14. The average Bonchev–Trinajstić information content (AvgIpc) is 2.77. The summed E-state index contributed by atoms with van der Waals surface area (Å²) < 4.78 is 27.2. The van der Waals surface area contributed by atoms with E-state index in [9.17, 15) is 9.59 Å². The summed E-state index contributed by atoms with van der Waals surface area (Å²) in [6, 6.07) is 13.2. The maximum absolute atomic E-state index is 11.0. The summed E-state index contributed by atoms with van der Waals surface area (Å²) in [5.74, 6) is 1.29. The first-order chi connectivity index (χ1) is 15.1. The zero-order valence-electron chi connectivity index (χ0n) is 16.9. The molecule has 0 saturated carbocycles. The Morgan fingerprint density at radius 2 is 0.806 bits per heavy atom. The quantitative estimate of drug-likeness (QED) is 0.271. The molecule has 0 aromatic heterocycles. The van der Waals surface area contributed by atoms with E-state index < -0.39 is 10.5 Å². The molecule has 2 aromatic rings. The molecule has 0 unspecified atom stereocenters. The fraction of sp³-hybridized carbons (Fsp3) is 0.364. The molecule has 0 amide bonds. The van der Waals surface area contributed by atoms with Crippen molar-refractivity contribution >= 4 is 33.7 Å². The van der Waals surface area contributed by atoms with E-state index in [1.807, 2.05) is 0 Å². The molecule has 0 bridgehead atoms. The topological polar surface area (TPSA) is 80.3 Å². The van der Waals surface area contributed by atoms with Crippen LogP contribution < -0.4 is 9.47 Å². The van der Waals surface area contributed by atoms with Gasteiger partial charge in [-0.15, -0.1) is 0 Å². The predicted octanol–water partition coefficient (Wildman–Crippen LogP) is 3.95. The molecule has 0 fully saturated rings. The first-order valence-electron chi connectivity index (χ1n) is 9.65. The van der Waals surface area contributed by atoms with Gasteiger partial charge in [-0.25, -0.2) is 0 Å². The third kappa shape index (κ3) is 10.6. The van der Waals surface area contributed by atoms with Gasteiger partial charge in [0.25, 0.3) is 10.5 Å². The summed E-state index contributed by atoms with van der Waals surface area (Å²) in [4.78, 5) is 22.0. The number of ether oxygens (including phenoxy) is 5. The van der Waals surface area contributed by atoms with Crippen LogP contribution in [-0.2, 0) is 14.2 Å². The van der Waals surface area contributed by atoms with Crippen LogP contribution in [0, 0.1) is 0 Å². The van der Waals surface area contributed by atoms with Crippen molar-refractivity contribution in [3.63, 3.8) is 0 Å². The van der Waals surface area contributed by atoms with Crippen molar-refractivity contribution in [2.75, 3.05) is 52.9 Å². The second kappa shape index (κ2) is 14.8. The lowest BCUT2D eigenvalue weighted by molar-refractivity contribution is 0.00499. The summed E-state index contributed by atoms with van der Waals surface area (Å²) in [5, 5.41) is -0.996. The minimum absolute atomic E-state index is 0.391. The second-order valence-electron chi connectivity index (χ2n) is 6.13. The van der Waals surface area contributed by atoms with Gasteiger partial charge in [-0.1, -0.05) is 0 Å². The Labute approximate surface area is 191 Å². The van der Waals surface area contributed by atoms with Gasteiger partial charge in [0, 0.05) is 11.1 Å². The number of hydrogen-bond acceptors (Lipinski definition) is 7. The predicted molar refractivity (Wildman–Crippen MR) is 117 cm³/mol. The lowest BCUT2D eigenvalue weighted by Gasteiger charge is -2.09. The normalized spacial score (nSPS) is 10.6. The summed E-state index contributed by atoms with van der Waals surface area (Å²) in [7, 11) is 0. The van der Waals surface area contributed by atoms with Crippen LogP contribution in [0.2, 0.25) is 0 Å². The molecule has 0 aliphatic carbocycles. The summed E-state index contributed by atoms with van der Waals surface area (Å²) in [6.07, 6.45) is 0. The number of halogens is 2. The molecule has 2 rings (SSSR count). The Kier molecular flexibility index (Phi) is 12.0. The maximum Gasteiger partial charge on any atom is 0.252 e. The molecule has 0 aliphatic rings. The highest BCUT2D eigenvalue weighted by atomic mass is 35.5. The lowest BCUT2D eigenvalue weighted by atomic mass is 10.2. The van der Waals surface area contributed by atoms with Crippen LogP contribution in [0.5, 0.6) is 11.5 Å². The molecule has 0 heterocycles. The number of rotatable bonds is 16. The van der Waals surface area contributed by atoms with Crippen LogP contribution >= 0.6 is 23.2 Å². The molecular weight excluding hydrogens is 447 g/mol. The summed E-state index contributed by atoms with van der Waals surface area (Å²) in [6.45, 7) is 3.45. The van der Waals surface area contributed by atoms with Crippen molar-refractivity contribution in [1.82, 2.24) is 0 Å². The van der Waals surface area contributed by atoms with Crippen LogP contribution in [0.4, 0.5) is 0 Å². The second-order valence-corrected chi connectivity index (χ2v) is 6.82. The van der Waals surface area contributed by atoms with Crippen molar-refractivity contribution in [2.24, 2.45) is 0 Å². The number of carbonyl (C=O) groups excluding carboxylic acids is 2. The molecule has 0 atom stereocenters. The molecule has 0 spiro atoms. The average molecular weight is 471 g/mol. The molecular formula is C22H24Cl2O7. The first kappa shape index (κ1) is 25.1. The Bertz CT molecular complexity index is 727. The monoisotopic (exact) mass is 470 g/mol. The number of benzene rings is 2. The smallest absolute Gasteiger partial charge is 0.252 e. The third-order valence-corrected chi connectivity index (χ3v) is 4.34. The fourth-order valence-corrected chi connectivity index (χ4v) is 2.60. The van der Waals surface area contributed by atoms with Crippen LogP contribution in [0.1, 0.15) is 20.7 Å². The van der Waals surface area contributed by atoms with E-state index in [2.05, 4.69) is 0 Å². The molecule has 0 N–H and O–H groups in total. The summed E-state index contributed by atoms with van der Waals surface area (Å²) >= 11 is 10.8. The molecule has 31 heavy (non-hydrogen) atoms. The molecule has 168 valence electrons. The van der Waals surface area contributed by atoms with Crippen LogP contribution in [-0.4, -0.2) is 63.3 Å². The van der Waals surface area contributed by atoms with Crippen molar-refractivity contribution in [3.05, 3.63) is 59.7 Å². The third-order valence-electron chi connectivity index (χ3n) is 3.90. The number of carbonyl (C=O) groups is 2. The summed E-state index contributed by atoms with van der Waals surface area (Å²) in [5.41, 5.74) is 0.852. The largest absolute Gasteiger partial charge is 0.491 e. The van der Waals surface area contributed by atoms with Crippen molar-refractivity contribution < 1.29 is 33.3 Å². The SMILES string of the molecule is O=C(Cl)c1ccc(OCCOCCOCCOCCOc2ccc(C(=O)Cl)cc2)cc1. The highest BCUT2D eigenvalue weighted by Gasteiger charge is 2.02. The molecule has 7 nitrogen and oxygen atoms in total. The zero-order chi connectivity index (χ0) is 22.3. The van der Waals surface area contributed by atoms with E-state index in [-0.39, 0.29) is 0 Å². The first-order valence-corrected chi connectivity index (χ1v) is 10.4. The molecule has 2 aromatic carbocycles. The van der Waals surface area contributed by atoms with Gasteiger partial charge in [0.15, 0.2) is 0 Å². The van der Waals surface area contributed by atoms with Crippen molar-refractivity contribution in [1.29, 1.82) is 0 Å². The zero-order valence-corrected chi connectivity index (χ0v) is 18.4. The van der Waals surface area contributed by atoms with Crippen LogP contribution in [0.25, 0.3) is 0 Å². The van der Waals surface area contributed by atoms with E-state index >= 15 is 0 Å². The standard InChI is InChI=1S/C22H24Cl2O7/c23-21(25)17-1-5-19(6-2-17)30-15-13-28-11-9-27-10-12-29-14-16-31-20-7-3-18(4-8-20)22(24)26/h1-8H,9-16H2. The van der Waals surface area contributed by atoms with Gasteiger partial charge in [-0.2, -0.15) is 0 Å². The Hall–Kier alpha value is -2.16. The Morgan fingerprint density at radius 1 is 0.516 bits per heavy atom. The van der Waals surface area contributed by atoms with Gasteiger partial charge < -0.3 is 23.7 Å². The van der Waals surface area contributed by atoms with E-state index in [1.165, 1.54) is 0 Å². The Morgan fingerprint density at radius 3 is 1.10 bits per heavy atom. The van der Waals surface area contributed by atoms with Crippen molar-refractivity contribution in [3.8, 4) is 11.5 Å². The molecule has 9 heteroatoms. The van der Waals surface area contributed by atoms with Gasteiger partial charge in [-0.3, -0.25) is 9.59 Å². The minimum atomic E-state index is -0.498.